The second kappa shape index (κ2) is 4.44. The van der Waals surface area contributed by atoms with Gasteiger partial charge < -0.3 is 5.11 Å². The van der Waals surface area contributed by atoms with Crippen LogP contribution in [0.2, 0.25) is 0 Å². The Kier molecular flexibility index (Phi) is 3.24. The van der Waals surface area contributed by atoms with Crippen LogP contribution < -0.4 is 0 Å². The third-order valence-electron chi connectivity index (χ3n) is 1.88. The van der Waals surface area contributed by atoms with Crippen LogP contribution in [0.1, 0.15) is 11.5 Å². The monoisotopic (exact) mass is 173 g/mol. The number of hydrogen-bond acceptors (Lipinski definition) is 2. The molecule has 0 aliphatic carbocycles. The van der Waals surface area contributed by atoms with Crippen molar-refractivity contribution in [3.8, 4) is 6.07 Å². The Morgan fingerprint density at radius 2 is 2.00 bits per heavy atom. The summed E-state index contributed by atoms with van der Waals surface area (Å²) in [5, 5.41) is 18.3. The highest BCUT2D eigenvalue weighted by atomic mass is 16.3. The number of benzene rings is 1. The Balaban J connectivity index is 2.93. The van der Waals surface area contributed by atoms with E-state index >= 15 is 0 Å². The van der Waals surface area contributed by atoms with Gasteiger partial charge in [-0.2, -0.15) is 5.26 Å². The van der Waals surface area contributed by atoms with E-state index in [9.17, 15) is 5.11 Å². The number of hydrogen-bond donors (Lipinski definition) is 1. The second-order valence-corrected chi connectivity index (χ2v) is 2.74. The Labute approximate surface area is 77.8 Å². The molecule has 2 heteroatoms. The first-order valence-electron chi connectivity index (χ1n) is 4.04. The van der Waals surface area contributed by atoms with Gasteiger partial charge in [-0.3, -0.25) is 0 Å². The summed E-state index contributed by atoms with van der Waals surface area (Å²) < 4.78 is 0. The normalized spacial score (nSPS) is 14.2. The molecule has 0 aliphatic heterocycles. The van der Waals surface area contributed by atoms with Crippen molar-refractivity contribution in [2.75, 3.05) is 0 Å². The topological polar surface area (TPSA) is 44.0 Å². The lowest BCUT2D eigenvalue weighted by Gasteiger charge is -2.12. The first-order chi connectivity index (χ1) is 6.29. The van der Waals surface area contributed by atoms with Crippen molar-refractivity contribution >= 4 is 0 Å². The zero-order valence-electron chi connectivity index (χ0n) is 7.22. The predicted octanol–water partition coefficient (Wildman–Crippen LogP) is 1.84. The van der Waals surface area contributed by atoms with E-state index in [-0.39, 0.29) is 0 Å². The molecule has 0 bridgehead atoms. The lowest BCUT2D eigenvalue weighted by molar-refractivity contribution is 0.210. The van der Waals surface area contributed by atoms with Crippen LogP contribution in [0.5, 0.6) is 0 Å². The molecule has 66 valence electrons. The first-order valence-corrected chi connectivity index (χ1v) is 4.04. The van der Waals surface area contributed by atoms with E-state index in [1.54, 1.807) is 0 Å². The molecule has 0 heterocycles. The molecule has 0 spiro atoms. The molecule has 13 heavy (non-hydrogen) atoms. The molecule has 0 saturated heterocycles. The molecule has 2 atom stereocenters. The summed E-state index contributed by atoms with van der Waals surface area (Å²) in [6, 6.07) is 11.2. The average Bonchev–Trinajstić information content (AvgIpc) is 2.20. The molecule has 2 nitrogen and oxygen atoms in total. The smallest absolute Gasteiger partial charge is 0.101 e. The highest BCUT2D eigenvalue weighted by Gasteiger charge is 2.16. The van der Waals surface area contributed by atoms with Gasteiger partial charge in [0.2, 0.25) is 0 Å². The lowest BCUT2D eigenvalue weighted by Crippen LogP contribution is -2.13. The van der Waals surface area contributed by atoms with Gasteiger partial charge in [0.25, 0.3) is 0 Å². The highest BCUT2D eigenvalue weighted by Crippen LogP contribution is 2.18. The van der Waals surface area contributed by atoms with Crippen molar-refractivity contribution in [1.29, 1.82) is 5.26 Å². The van der Waals surface area contributed by atoms with E-state index in [2.05, 4.69) is 6.58 Å². The van der Waals surface area contributed by atoms with Crippen molar-refractivity contribution in [3.63, 3.8) is 0 Å². The van der Waals surface area contributed by atoms with E-state index in [1.165, 1.54) is 6.08 Å². The van der Waals surface area contributed by atoms with Crippen molar-refractivity contribution in [1.82, 2.24) is 0 Å². The van der Waals surface area contributed by atoms with Gasteiger partial charge >= 0.3 is 0 Å². The fraction of sp³-hybridized carbons (Fsp3) is 0.182. The van der Waals surface area contributed by atoms with Crippen LogP contribution in [-0.4, -0.2) is 11.2 Å². The van der Waals surface area contributed by atoms with Gasteiger partial charge in [-0.25, -0.2) is 0 Å². The molecule has 0 amide bonds. The Bertz CT molecular complexity index is 313. The summed E-state index contributed by atoms with van der Waals surface area (Å²) in [6.07, 6.45) is 0.577. The van der Waals surface area contributed by atoms with Gasteiger partial charge in [0.15, 0.2) is 0 Å². The van der Waals surface area contributed by atoms with Gasteiger partial charge in [0.1, 0.15) is 5.92 Å². The minimum atomic E-state index is -0.799. The fourth-order valence-corrected chi connectivity index (χ4v) is 1.14. The quantitative estimate of drug-likeness (QED) is 0.709. The van der Waals surface area contributed by atoms with Crippen LogP contribution in [0.15, 0.2) is 43.0 Å². The summed E-state index contributed by atoms with van der Waals surface area (Å²) in [5.41, 5.74) is 0.817. The van der Waals surface area contributed by atoms with Crippen molar-refractivity contribution in [2.24, 2.45) is 0 Å². The van der Waals surface area contributed by atoms with Crippen LogP contribution >= 0.6 is 0 Å². The van der Waals surface area contributed by atoms with E-state index in [1.807, 2.05) is 36.4 Å². The molecule has 1 rings (SSSR count). The van der Waals surface area contributed by atoms with E-state index in [0.29, 0.717) is 0 Å². The minimum absolute atomic E-state index is 0.515. The SMILES string of the molecule is C=C[C@H](O)[C@@H](C#N)c1ccccc1. The minimum Gasteiger partial charge on any atom is -0.387 e. The number of nitrogens with zero attached hydrogens (tertiary/aromatic N) is 1. The van der Waals surface area contributed by atoms with Gasteiger partial charge in [0.05, 0.1) is 12.2 Å². The van der Waals surface area contributed by atoms with Crippen molar-refractivity contribution < 1.29 is 5.11 Å². The van der Waals surface area contributed by atoms with Crippen LogP contribution in [0.25, 0.3) is 0 Å². The molecule has 1 aromatic rings. The maximum Gasteiger partial charge on any atom is 0.101 e. The van der Waals surface area contributed by atoms with Crippen molar-refractivity contribution in [2.45, 2.75) is 12.0 Å². The zero-order valence-corrected chi connectivity index (χ0v) is 7.22. The zero-order chi connectivity index (χ0) is 9.68. The predicted molar refractivity (Wildman–Crippen MR) is 51.0 cm³/mol. The molecule has 0 aromatic heterocycles. The molecular weight excluding hydrogens is 162 g/mol. The van der Waals surface area contributed by atoms with E-state index in [0.717, 1.165) is 5.56 Å². The maximum absolute atomic E-state index is 9.43. The standard InChI is InChI=1S/C11H11NO/c1-2-11(13)10(8-12)9-6-4-3-5-7-9/h2-7,10-11,13H,1H2/t10-,11-/m0/s1. The van der Waals surface area contributed by atoms with Crippen LogP contribution in [0.4, 0.5) is 0 Å². The van der Waals surface area contributed by atoms with Gasteiger partial charge in [-0.1, -0.05) is 36.4 Å². The Morgan fingerprint density at radius 1 is 1.38 bits per heavy atom. The maximum atomic E-state index is 9.43. The number of rotatable bonds is 3. The lowest BCUT2D eigenvalue weighted by atomic mass is 9.95. The summed E-state index contributed by atoms with van der Waals surface area (Å²) >= 11 is 0. The molecule has 1 aromatic carbocycles. The number of aliphatic hydroxyl groups is 1. The van der Waals surface area contributed by atoms with Gasteiger partial charge in [0, 0.05) is 0 Å². The molecule has 0 aliphatic rings. The largest absolute Gasteiger partial charge is 0.387 e. The van der Waals surface area contributed by atoms with Gasteiger partial charge in [-0.05, 0) is 5.56 Å². The summed E-state index contributed by atoms with van der Waals surface area (Å²) in [6.45, 7) is 3.45. The second-order valence-electron chi connectivity index (χ2n) is 2.74. The molecular formula is C11H11NO. The van der Waals surface area contributed by atoms with Crippen molar-refractivity contribution in [3.05, 3.63) is 48.6 Å². The van der Waals surface area contributed by atoms with E-state index in [4.69, 9.17) is 5.26 Å². The summed E-state index contributed by atoms with van der Waals surface area (Å²) in [4.78, 5) is 0. The summed E-state index contributed by atoms with van der Waals surface area (Å²) in [7, 11) is 0. The molecule has 0 unspecified atom stereocenters. The summed E-state index contributed by atoms with van der Waals surface area (Å²) in [5.74, 6) is -0.515. The molecule has 0 fully saturated rings. The number of nitriles is 1. The van der Waals surface area contributed by atoms with Gasteiger partial charge in [-0.15, -0.1) is 6.58 Å². The third-order valence-corrected chi connectivity index (χ3v) is 1.88. The number of aliphatic hydroxyl groups excluding tert-OH is 1. The Hall–Kier alpha value is -1.59. The average molecular weight is 173 g/mol. The molecule has 0 saturated carbocycles. The fourth-order valence-electron chi connectivity index (χ4n) is 1.14. The van der Waals surface area contributed by atoms with Crippen LogP contribution in [0, 0.1) is 11.3 Å². The van der Waals surface area contributed by atoms with Crippen LogP contribution in [0.3, 0.4) is 0 Å². The van der Waals surface area contributed by atoms with Crippen LogP contribution in [-0.2, 0) is 0 Å². The highest BCUT2D eigenvalue weighted by molar-refractivity contribution is 5.27. The van der Waals surface area contributed by atoms with E-state index < -0.39 is 12.0 Å². The third kappa shape index (κ3) is 2.17. The molecule has 1 N–H and O–H groups in total. The molecule has 0 radical (unpaired) electrons. The Morgan fingerprint density at radius 3 is 2.46 bits per heavy atom. The first kappa shape index (κ1) is 9.50.